The molecule has 2 nitrogen and oxygen atoms in total. The third-order valence-electron chi connectivity index (χ3n) is 2.12. The van der Waals surface area contributed by atoms with Crippen LogP contribution in [0.1, 0.15) is 15.9 Å². The van der Waals surface area contributed by atoms with Gasteiger partial charge in [0.05, 0.1) is 5.56 Å². The molecule has 2 rings (SSSR count). The number of carbonyl (C=O) groups excluding carboxylic acids is 1. The van der Waals surface area contributed by atoms with Gasteiger partial charge in [-0.15, -0.1) is 0 Å². The van der Waals surface area contributed by atoms with Gasteiger partial charge in [0.15, 0.2) is 5.78 Å². The van der Waals surface area contributed by atoms with Gasteiger partial charge in [-0.25, -0.2) is 4.39 Å². The van der Waals surface area contributed by atoms with E-state index in [4.69, 9.17) is 0 Å². The highest BCUT2D eigenvalue weighted by Crippen LogP contribution is 2.18. The molecular formula is C12H7BrFNO. The molecule has 0 spiro atoms. The molecule has 0 unspecified atom stereocenters. The van der Waals surface area contributed by atoms with Gasteiger partial charge in [-0.1, -0.05) is 15.9 Å². The second kappa shape index (κ2) is 4.53. The van der Waals surface area contributed by atoms with Crippen LogP contribution in [0.2, 0.25) is 0 Å². The molecule has 0 aliphatic heterocycles. The van der Waals surface area contributed by atoms with E-state index in [9.17, 15) is 9.18 Å². The smallest absolute Gasteiger partial charge is 0.196 e. The zero-order valence-corrected chi connectivity index (χ0v) is 9.74. The molecular weight excluding hydrogens is 273 g/mol. The van der Waals surface area contributed by atoms with E-state index in [0.717, 1.165) is 0 Å². The average Bonchev–Trinajstić information content (AvgIpc) is 2.32. The van der Waals surface area contributed by atoms with Crippen LogP contribution in [0.15, 0.2) is 47.2 Å². The van der Waals surface area contributed by atoms with Crippen LogP contribution >= 0.6 is 15.9 Å². The second-order valence-corrected chi connectivity index (χ2v) is 4.10. The highest BCUT2D eigenvalue weighted by atomic mass is 79.9. The fraction of sp³-hybridized carbons (Fsp3) is 0. The highest BCUT2D eigenvalue weighted by molar-refractivity contribution is 9.10. The predicted octanol–water partition coefficient (Wildman–Crippen LogP) is 3.21. The van der Waals surface area contributed by atoms with Crippen LogP contribution in [0.5, 0.6) is 0 Å². The Morgan fingerprint density at radius 3 is 2.56 bits per heavy atom. The number of hydrogen-bond donors (Lipinski definition) is 0. The molecule has 0 saturated carbocycles. The highest BCUT2D eigenvalue weighted by Gasteiger charge is 2.13. The maximum atomic E-state index is 13.4. The first kappa shape index (κ1) is 11.0. The van der Waals surface area contributed by atoms with Gasteiger partial charge in [0.2, 0.25) is 0 Å². The Hall–Kier alpha value is -1.55. The normalized spacial score (nSPS) is 10.1. The van der Waals surface area contributed by atoms with E-state index in [1.54, 1.807) is 18.2 Å². The van der Waals surface area contributed by atoms with E-state index in [1.165, 1.54) is 24.5 Å². The number of aromatic nitrogens is 1. The molecule has 4 heteroatoms. The Morgan fingerprint density at radius 1 is 1.19 bits per heavy atom. The molecule has 1 aromatic carbocycles. The summed E-state index contributed by atoms with van der Waals surface area (Å²) < 4.78 is 14.1. The minimum atomic E-state index is -0.523. The van der Waals surface area contributed by atoms with Crippen molar-refractivity contribution in [3.63, 3.8) is 0 Å². The standard InChI is InChI=1S/C12H7BrFNO/c13-9-1-2-11(14)10(7-9)12(16)8-3-5-15-6-4-8/h1-7H. The lowest BCUT2D eigenvalue weighted by molar-refractivity contribution is 0.103. The van der Waals surface area contributed by atoms with E-state index < -0.39 is 5.82 Å². The Labute approximate surface area is 100 Å². The number of benzene rings is 1. The van der Waals surface area contributed by atoms with Gasteiger partial charge in [-0.3, -0.25) is 9.78 Å². The van der Waals surface area contributed by atoms with Crippen molar-refractivity contribution >= 4 is 21.7 Å². The van der Waals surface area contributed by atoms with Crippen LogP contribution in [0.4, 0.5) is 4.39 Å². The van der Waals surface area contributed by atoms with Crippen LogP contribution in [-0.4, -0.2) is 10.8 Å². The van der Waals surface area contributed by atoms with Gasteiger partial charge in [-0.05, 0) is 30.3 Å². The van der Waals surface area contributed by atoms with Gasteiger partial charge in [0.25, 0.3) is 0 Å². The summed E-state index contributed by atoms with van der Waals surface area (Å²) in [6.45, 7) is 0. The van der Waals surface area contributed by atoms with Crippen molar-refractivity contribution in [1.82, 2.24) is 4.98 Å². The fourth-order valence-corrected chi connectivity index (χ4v) is 1.69. The first-order valence-electron chi connectivity index (χ1n) is 4.58. The number of pyridine rings is 1. The maximum absolute atomic E-state index is 13.4. The van der Waals surface area contributed by atoms with Gasteiger partial charge in [0, 0.05) is 22.4 Å². The lowest BCUT2D eigenvalue weighted by Crippen LogP contribution is -2.04. The minimum absolute atomic E-state index is 0.0561. The third-order valence-corrected chi connectivity index (χ3v) is 2.61. The maximum Gasteiger partial charge on any atom is 0.196 e. The summed E-state index contributed by atoms with van der Waals surface area (Å²) in [5, 5.41) is 0. The molecule has 2 aromatic rings. The lowest BCUT2D eigenvalue weighted by atomic mass is 10.0. The van der Waals surface area contributed by atoms with Crippen molar-refractivity contribution in [3.8, 4) is 0 Å². The summed E-state index contributed by atoms with van der Waals surface area (Å²) in [6.07, 6.45) is 3.01. The number of nitrogens with zero attached hydrogens (tertiary/aromatic N) is 1. The summed E-state index contributed by atoms with van der Waals surface area (Å²) in [5.41, 5.74) is 0.479. The molecule has 0 amide bonds. The van der Waals surface area contributed by atoms with E-state index >= 15 is 0 Å². The molecule has 80 valence electrons. The van der Waals surface area contributed by atoms with Crippen LogP contribution in [0.25, 0.3) is 0 Å². The zero-order chi connectivity index (χ0) is 11.5. The van der Waals surface area contributed by atoms with Crippen LogP contribution in [-0.2, 0) is 0 Å². The van der Waals surface area contributed by atoms with Gasteiger partial charge >= 0.3 is 0 Å². The topological polar surface area (TPSA) is 30.0 Å². The first-order valence-corrected chi connectivity index (χ1v) is 5.37. The van der Waals surface area contributed by atoms with Crippen LogP contribution in [0.3, 0.4) is 0 Å². The minimum Gasteiger partial charge on any atom is -0.288 e. The monoisotopic (exact) mass is 279 g/mol. The van der Waals surface area contributed by atoms with E-state index in [1.807, 2.05) is 0 Å². The molecule has 16 heavy (non-hydrogen) atoms. The molecule has 1 heterocycles. The summed E-state index contributed by atoms with van der Waals surface area (Å²) >= 11 is 3.21. The molecule has 0 bridgehead atoms. The molecule has 0 fully saturated rings. The van der Waals surface area contributed by atoms with Gasteiger partial charge in [-0.2, -0.15) is 0 Å². The second-order valence-electron chi connectivity index (χ2n) is 3.19. The number of rotatable bonds is 2. The molecule has 0 saturated heterocycles. The quantitative estimate of drug-likeness (QED) is 0.790. The fourth-order valence-electron chi connectivity index (χ4n) is 1.33. The van der Waals surface area contributed by atoms with E-state index in [-0.39, 0.29) is 11.3 Å². The zero-order valence-electron chi connectivity index (χ0n) is 8.15. The van der Waals surface area contributed by atoms with E-state index in [2.05, 4.69) is 20.9 Å². The van der Waals surface area contributed by atoms with Crippen LogP contribution < -0.4 is 0 Å². The molecule has 0 atom stereocenters. The molecule has 0 aliphatic carbocycles. The van der Waals surface area contributed by atoms with Crippen molar-refractivity contribution in [2.24, 2.45) is 0 Å². The molecule has 0 aliphatic rings. The predicted molar refractivity (Wildman–Crippen MR) is 61.8 cm³/mol. The van der Waals surface area contributed by atoms with Crippen molar-refractivity contribution in [2.75, 3.05) is 0 Å². The molecule has 0 N–H and O–H groups in total. The Bertz CT molecular complexity index is 528. The first-order chi connectivity index (χ1) is 7.68. The Balaban J connectivity index is 2.46. The molecule has 1 aromatic heterocycles. The summed E-state index contributed by atoms with van der Waals surface area (Å²) in [7, 11) is 0. The van der Waals surface area contributed by atoms with Gasteiger partial charge < -0.3 is 0 Å². The summed E-state index contributed by atoms with van der Waals surface area (Å²) in [4.78, 5) is 15.7. The summed E-state index contributed by atoms with van der Waals surface area (Å²) in [5.74, 6) is -0.869. The lowest BCUT2D eigenvalue weighted by Gasteiger charge is -2.02. The number of hydrogen-bond acceptors (Lipinski definition) is 2. The van der Waals surface area contributed by atoms with Crippen molar-refractivity contribution in [3.05, 3.63) is 64.1 Å². The molecule has 0 radical (unpaired) electrons. The summed E-state index contributed by atoms with van der Waals surface area (Å²) in [6, 6.07) is 7.40. The van der Waals surface area contributed by atoms with Gasteiger partial charge in [0.1, 0.15) is 5.82 Å². The average molecular weight is 280 g/mol. The number of halogens is 2. The SMILES string of the molecule is O=C(c1ccncc1)c1cc(Br)ccc1F. The van der Waals surface area contributed by atoms with Crippen molar-refractivity contribution in [1.29, 1.82) is 0 Å². The van der Waals surface area contributed by atoms with Crippen LogP contribution in [0, 0.1) is 5.82 Å². The number of ketones is 1. The third kappa shape index (κ3) is 2.17. The van der Waals surface area contributed by atoms with Crippen molar-refractivity contribution < 1.29 is 9.18 Å². The van der Waals surface area contributed by atoms with Crippen molar-refractivity contribution in [2.45, 2.75) is 0 Å². The Kier molecular flexibility index (Phi) is 3.10. The van der Waals surface area contributed by atoms with E-state index in [0.29, 0.717) is 10.0 Å². The largest absolute Gasteiger partial charge is 0.288 e. The number of carbonyl (C=O) groups is 1. The Morgan fingerprint density at radius 2 is 1.88 bits per heavy atom.